The molecule has 1 aliphatic heterocycles. The highest BCUT2D eigenvalue weighted by atomic mass is 15.4. The number of benzene rings is 3. The number of allylic oxidation sites excluding steroid dienone is 7. The quantitative estimate of drug-likeness (QED) is 0.247. The fourth-order valence-electron chi connectivity index (χ4n) is 7.84. The van der Waals surface area contributed by atoms with Gasteiger partial charge in [0.1, 0.15) is 12.0 Å². The Bertz CT molecular complexity index is 1960. The number of nitrogens with zero attached hydrogens (tertiary/aromatic N) is 4. The van der Waals surface area contributed by atoms with Crippen molar-refractivity contribution in [1.82, 2.24) is 9.47 Å². The van der Waals surface area contributed by atoms with Crippen LogP contribution in [0.3, 0.4) is 0 Å². The Morgan fingerprint density at radius 3 is 2.48 bits per heavy atom. The summed E-state index contributed by atoms with van der Waals surface area (Å²) in [5.41, 5.74) is 9.04. The molecular weight excluding hydrogens is 512 g/mol. The third-order valence-corrected chi connectivity index (χ3v) is 9.88. The Labute approximate surface area is 247 Å². The highest BCUT2D eigenvalue weighted by Gasteiger charge is 2.41. The Kier molecular flexibility index (Phi) is 5.43. The van der Waals surface area contributed by atoms with Crippen LogP contribution in [-0.4, -0.2) is 34.5 Å². The monoisotopic (exact) mass is 548 g/mol. The molecule has 0 saturated heterocycles. The first-order valence-electron chi connectivity index (χ1n) is 15.2. The number of rotatable bonds is 2. The van der Waals surface area contributed by atoms with Gasteiger partial charge in [-0.25, -0.2) is 4.99 Å². The molecule has 8 rings (SSSR count). The van der Waals surface area contributed by atoms with Gasteiger partial charge in [-0.1, -0.05) is 112 Å². The Morgan fingerprint density at radius 2 is 1.67 bits per heavy atom. The average Bonchev–Trinajstić information content (AvgIpc) is 3.47. The summed E-state index contributed by atoms with van der Waals surface area (Å²) in [4.78, 5) is 13.1. The predicted molar refractivity (Wildman–Crippen MR) is 176 cm³/mol. The van der Waals surface area contributed by atoms with E-state index in [1.54, 1.807) is 0 Å². The number of hydrogen-bond donors (Lipinski definition) is 0. The Balaban J connectivity index is 1.42. The summed E-state index contributed by atoms with van der Waals surface area (Å²) >= 11 is 0. The smallest absolute Gasteiger partial charge is 0.234 e. The second-order valence-electron chi connectivity index (χ2n) is 12.9. The van der Waals surface area contributed by atoms with Gasteiger partial charge in [0.15, 0.2) is 0 Å². The van der Waals surface area contributed by atoms with Crippen LogP contribution >= 0.6 is 0 Å². The molecule has 0 bridgehead atoms. The first-order chi connectivity index (χ1) is 20.4. The van der Waals surface area contributed by atoms with Gasteiger partial charge in [0.25, 0.3) is 0 Å². The van der Waals surface area contributed by atoms with Crippen molar-refractivity contribution in [2.24, 2.45) is 15.4 Å². The molecule has 0 spiro atoms. The summed E-state index contributed by atoms with van der Waals surface area (Å²) in [5.74, 6) is 1.70. The molecule has 4 nitrogen and oxygen atoms in total. The van der Waals surface area contributed by atoms with Crippen molar-refractivity contribution in [1.29, 1.82) is 0 Å². The van der Waals surface area contributed by atoms with Crippen molar-refractivity contribution < 1.29 is 0 Å². The molecule has 208 valence electrons. The molecule has 4 aromatic rings. The molecule has 42 heavy (non-hydrogen) atoms. The van der Waals surface area contributed by atoms with E-state index >= 15 is 0 Å². The van der Waals surface area contributed by atoms with Crippen LogP contribution in [0.25, 0.3) is 27.4 Å². The van der Waals surface area contributed by atoms with Gasteiger partial charge in [-0.05, 0) is 53.7 Å². The van der Waals surface area contributed by atoms with Crippen LogP contribution in [0.5, 0.6) is 0 Å². The number of hydrogen-bond acceptors (Lipinski definition) is 3. The molecule has 3 aromatic carbocycles. The van der Waals surface area contributed by atoms with Gasteiger partial charge in [-0.2, -0.15) is 4.99 Å². The number of para-hydroxylation sites is 1. The summed E-state index contributed by atoms with van der Waals surface area (Å²) in [6.07, 6.45) is 16.6. The molecule has 0 N–H and O–H groups in total. The molecule has 0 saturated carbocycles. The molecule has 3 aliphatic carbocycles. The van der Waals surface area contributed by atoms with Crippen LogP contribution in [0.4, 0.5) is 0 Å². The minimum Gasteiger partial charge on any atom is -0.336 e. The number of aliphatic imine (C=N–C) groups is 2. The standard InChI is InChI=1S/C38H36N4/c1-37(2)29-19-11-9-17-26(29)27-21-22-31-32(33(27)37)28-18-10-12-20-30(28)42(31)36-39-34(25-15-7-5-8-16-25)41(4)35(40-36)38(3)23-13-6-14-24-38/h5-8,10-16,18-23,35H,9,17,24H2,1-4H3. The van der Waals surface area contributed by atoms with Crippen molar-refractivity contribution in [2.75, 3.05) is 7.05 Å². The topological polar surface area (TPSA) is 32.9 Å². The van der Waals surface area contributed by atoms with E-state index < -0.39 is 0 Å². The lowest BCUT2D eigenvalue weighted by atomic mass is 9.78. The lowest BCUT2D eigenvalue weighted by molar-refractivity contribution is 0.206. The van der Waals surface area contributed by atoms with Gasteiger partial charge in [-0.3, -0.25) is 4.57 Å². The number of fused-ring (bicyclic) bond motifs is 6. The summed E-state index contributed by atoms with van der Waals surface area (Å²) in [7, 11) is 2.14. The van der Waals surface area contributed by atoms with E-state index in [2.05, 4.69) is 140 Å². The Hall–Kier alpha value is -4.44. The predicted octanol–water partition coefficient (Wildman–Crippen LogP) is 8.63. The van der Waals surface area contributed by atoms with Crippen LogP contribution in [0, 0.1) is 5.41 Å². The molecule has 2 atom stereocenters. The van der Waals surface area contributed by atoms with Crippen LogP contribution in [-0.2, 0) is 5.41 Å². The first-order valence-corrected chi connectivity index (χ1v) is 15.2. The number of amidine groups is 1. The van der Waals surface area contributed by atoms with Gasteiger partial charge >= 0.3 is 0 Å². The lowest BCUT2D eigenvalue weighted by Gasteiger charge is -2.42. The average molecular weight is 549 g/mol. The van der Waals surface area contributed by atoms with Crippen molar-refractivity contribution >= 4 is 39.2 Å². The second-order valence-corrected chi connectivity index (χ2v) is 12.9. The molecule has 4 heteroatoms. The zero-order valence-corrected chi connectivity index (χ0v) is 24.8. The third-order valence-electron chi connectivity index (χ3n) is 9.88. The van der Waals surface area contributed by atoms with Crippen molar-refractivity contribution in [3.63, 3.8) is 0 Å². The van der Waals surface area contributed by atoms with Crippen LogP contribution in [0.15, 0.2) is 119 Å². The molecule has 1 aromatic heterocycles. The first kappa shape index (κ1) is 25.3. The van der Waals surface area contributed by atoms with E-state index in [-0.39, 0.29) is 17.0 Å². The third kappa shape index (κ3) is 3.47. The highest BCUT2D eigenvalue weighted by molar-refractivity contribution is 6.19. The zero-order valence-electron chi connectivity index (χ0n) is 24.8. The molecular formula is C38H36N4. The fourth-order valence-corrected chi connectivity index (χ4v) is 7.84. The normalized spacial score (nSPS) is 24.3. The summed E-state index contributed by atoms with van der Waals surface area (Å²) < 4.78 is 2.32. The fraction of sp³-hybridized carbons (Fsp3) is 0.263. The van der Waals surface area contributed by atoms with Crippen LogP contribution < -0.4 is 0 Å². The molecule has 0 radical (unpaired) electrons. The maximum Gasteiger partial charge on any atom is 0.234 e. The van der Waals surface area contributed by atoms with E-state index in [0.717, 1.165) is 42.1 Å². The van der Waals surface area contributed by atoms with Crippen LogP contribution in [0.2, 0.25) is 0 Å². The summed E-state index contributed by atoms with van der Waals surface area (Å²) in [6.45, 7) is 7.11. The lowest BCUT2D eigenvalue weighted by Crippen LogP contribution is -2.49. The van der Waals surface area contributed by atoms with Gasteiger partial charge in [0.2, 0.25) is 5.96 Å². The summed E-state index contributed by atoms with van der Waals surface area (Å²) in [6, 6.07) is 24.0. The molecule has 0 amide bonds. The van der Waals surface area contributed by atoms with Crippen LogP contribution in [0.1, 0.15) is 56.7 Å². The van der Waals surface area contributed by atoms with Gasteiger partial charge in [0, 0.05) is 34.2 Å². The number of aromatic nitrogens is 1. The highest BCUT2D eigenvalue weighted by Crippen LogP contribution is 2.53. The van der Waals surface area contributed by atoms with Gasteiger partial charge < -0.3 is 4.90 Å². The summed E-state index contributed by atoms with van der Waals surface area (Å²) in [5, 5.41) is 2.60. The SMILES string of the molecule is CN1C(c2ccccc2)=NC(n2c3ccccc3c3c4c(ccc32)C2=C(C=CCC2)C4(C)C)=NC1C1(C)C=CC=CC1. The minimum absolute atomic E-state index is 0.0711. The molecule has 2 unspecified atom stereocenters. The van der Waals surface area contributed by atoms with E-state index in [9.17, 15) is 0 Å². The zero-order chi connectivity index (χ0) is 28.6. The van der Waals surface area contributed by atoms with Crippen molar-refractivity contribution in [2.45, 2.75) is 51.6 Å². The second kappa shape index (κ2) is 9.03. The maximum atomic E-state index is 5.49. The Morgan fingerprint density at radius 1 is 0.857 bits per heavy atom. The minimum atomic E-state index is -0.165. The van der Waals surface area contributed by atoms with Crippen molar-refractivity contribution in [3.8, 4) is 0 Å². The van der Waals surface area contributed by atoms with Gasteiger partial charge in [0.05, 0.1) is 11.0 Å². The maximum absolute atomic E-state index is 5.49. The molecule has 0 fully saturated rings. The molecule has 4 aliphatic rings. The van der Waals surface area contributed by atoms with E-state index in [1.807, 2.05) is 0 Å². The van der Waals surface area contributed by atoms with E-state index in [0.29, 0.717) is 0 Å². The van der Waals surface area contributed by atoms with Gasteiger partial charge in [-0.15, -0.1) is 0 Å². The van der Waals surface area contributed by atoms with Crippen molar-refractivity contribution in [3.05, 3.63) is 125 Å². The molecule has 2 heterocycles. The largest absolute Gasteiger partial charge is 0.336 e. The van der Waals surface area contributed by atoms with E-state index in [1.165, 1.54) is 38.6 Å². The van der Waals surface area contributed by atoms with E-state index in [4.69, 9.17) is 9.98 Å².